The highest BCUT2D eigenvalue weighted by atomic mass is 32.2. The summed E-state index contributed by atoms with van der Waals surface area (Å²) in [5.41, 5.74) is 6.62. The lowest BCUT2D eigenvalue weighted by Gasteiger charge is -2.00. The van der Waals surface area contributed by atoms with Gasteiger partial charge < -0.3 is 10.3 Å². The normalized spacial score (nSPS) is 12.6. The zero-order chi connectivity index (χ0) is 12.1. The van der Waals surface area contributed by atoms with E-state index in [4.69, 9.17) is 10.3 Å². The summed E-state index contributed by atoms with van der Waals surface area (Å²) in [5, 5.41) is 3.94. The Kier molecular flexibility index (Phi) is 4.17. The Morgan fingerprint density at radius 1 is 1.35 bits per heavy atom. The third-order valence-corrected chi connectivity index (χ3v) is 3.32. The van der Waals surface area contributed by atoms with Crippen LogP contribution in [0.3, 0.4) is 0 Å². The Morgan fingerprint density at radius 3 is 2.82 bits per heavy atom. The van der Waals surface area contributed by atoms with Crippen LogP contribution < -0.4 is 5.73 Å². The predicted molar refractivity (Wildman–Crippen MR) is 69.5 cm³/mol. The van der Waals surface area contributed by atoms with E-state index in [1.54, 1.807) is 11.8 Å². The van der Waals surface area contributed by atoms with E-state index in [1.807, 2.05) is 37.3 Å². The minimum Gasteiger partial charge on any atom is -0.334 e. The van der Waals surface area contributed by atoms with Gasteiger partial charge in [-0.15, -0.1) is 0 Å². The smallest absolute Gasteiger partial charge is 0.257 e. The third kappa shape index (κ3) is 3.57. The fraction of sp³-hybridized carbons (Fsp3) is 0.333. The van der Waals surface area contributed by atoms with Gasteiger partial charge in [-0.05, 0) is 19.1 Å². The maximum Gasteiger partial charge on any atom is 0.257 e. The molecule has 1 atom stereocenters. The van der Waals surface area contributed by atoms with Gasteiger partial charge in [0.25, 0.3) is 5.89 Å². The zero-order valence-electron chi connectivity index (χ0n) is 9.67. The molecule has 0 amide bonds. The summed E-state index contributed by atoms with van der Waals surface area (Å²) in [4.78, 5) is 4.34. The van der Waals surface area contributed by atoms with E-state index in [9.17, 15) is 0 Å². The number of thioether (sulfide) groups is 1. The third-order valence-electron chi connectivity index (χ3n) is 2.10. The molecular weight excluding hydrogens is 234 g/mol. The maximum atomic E-state index is 5.67. The van der Waals surface area contributed by atoms with Crippen LogP contribution in [0.5, 0.6) is 0 Å². The number of benzene rings is 1. The van der Waals surface area contributed by atoms with Crippen LogP contribution in [0.2, 0.25) is 0 Å². The molecule has 1 aromatic heterocycles. The molecule has 0 bridgehead atoms. The summed E-state index contributed by atoms with van der Waals surface area (Å²) in [6.07, 6.45) is 0. The summed E-state index contributed by atoms with van der Waals surface area (Å²) >= 11 is 1.71. The molecule has 0 aliphatic carbocycles. The first-order chi connectivity index (χ1) is 8.25. The van der Waals surface area contributed by atoms with Crippen molar-refractivity contribution in [1.82, 2.24) is 10.1 Å². The molecule has 4 nitrogen and oxygen atoms in total. The van der Waals surface area contributed by atoms with E-state index in [-0.39, 0.29) is 6.04 Å². The quantitative estimate of drug-likeness (QED) is 0.881. The van der Waals surface area contributed by atoms with Crippen molar-refractivity contribution in [2.45, 2.75) is 18.7 Å². The largest absolute Gasteiger partial charge is 0.334 e. The molecule has 0 aliphatic heterocycles. The lowest BCUT2D eigenvalue weighted by atomic mass is 10.2. The molecule has 0 saturated heterocycles. The van der Waals surface area contributed by atoms with Crippen LogP contribution in [-0.4, -0.2) is 21.9 Å². The van der Waals surface area contributed by atoms with Crippen LogP contribution in [0.4, 0.5) is 0 Å². The Bertz CT molecular complexity index is 456. The number of nitrogens with two attached hydrogens (primary N) is 1. The topological polar surface area (TPSA) is 64.9 Å². The van der Waals surface area contributed by atoms with E-state index in [0.717, 1.165) is 22.9 Å². The lowest BCUT2D eigenvalue weighted by molar-refractivity contribution is 0.425. The number of rotatable bonds is 5. The van der Waals surface area contributed by atoms with Crippen molar-refractivity contribution < 1.29 is 4.52 Å². The molecular formula is C12H15N3OS. The highest BCUT2D eigenvalue weighted by Crippen LogP contribution is 2.18. The van der Waals surface area contributed by atoms with Gasteiger partial charge in [0.2, 0.25) is 0 Å². The average Bonchev–Trinajstić information content (AvgIpc) is 2.78. The van der Waals surface area contributed by atoms with Gasteiger partial charge in [0.1, 0.15) is 0 Å². The summed E-state index contributed by atoms with van der Waals surface area (Å²) in [6.45, 7) is 1.98. The second-order valence-corrected chi connectivity index (χ2v) is 4.90. The van der Waals surface area contributed by atoms with Gasteiger partial charge in [-0.1, -0.05) is 23.4 Å². The first-order valence-electron chi connectivity index (χ1n) is 5.47. The maximum absolute atomic E-state index is 5.67. The Hall–Kier alpha value is -1.33. The first kappa shape index (κ1) is 12.1. The van der Waals surface area contributed by atoms with E-state index >= 15 is 0 Å². The summed E-state index contributed by atoms with van der Waals surface area (Å²) < 4.78 is 5.20. The molecule has 2 N–H and O–H groups in total. The average molecular weight is 249 g/mol. The molecule has 0 radical (unpaired) electrons. The molecule has 90 valence electrons. The van der Waals surface area contributed by atoms with Crippen LogP contribution in [0.15, 0.2) is 34.9 Å². The number of hydrogen-bond donors (Lipinski definition) is 1. The van der Waals surface area contributed by atoms with Crippen molar-refractivity contribution in [2.24, 2.45) is 5.73 Å². The van der Waals surface area contributed by atoms with Gasteiger partial charge in [0.15, 0.2) is 5.82 Å². The van der Waals surface area contributed by atoms with Crippen molar-refractivity contribution in [3.8, 4) is 11.5 Å². The van der Waals surface area contributed by atoms with Gasteiger partial charge in [-0.2, -0.15) is 16.7 Å². The molecule has 2 rings (SSSR count). The molecule has 5 heteroatoms. The Labute approximate surface area is 105 Å². The molecule has 1 heterocycles. The fourth-order valence-corrected chi connectivity index (χ4v) is 2.14. The molecule has 0 spiro atoms. The van der Waals surface area contributed by atoms with Crippen LogP contribution in [0, 0.1) is 0 Å². The van der Waals surface area contributed by atoms with Crippen molar-refractivity contribution in [1.29, 1.82) is 0 Å². The van der Waals surface area contributed by atoms with E-state index < -0.39 is 0 Å². The molecule has 1 aromatic carbocycles. The van der Waals surface area contributed by atoms with Crippen LogP contribution in [-0.2, 0) is 5.75 Å². The van der Waals surface area contributed by atoms with Crippen LogP contribution in [0.25, 0.3) is 11.5 Å². The van der Waals surface area contributed by atoms with Crippen molar-refractivity contribution in [3.05, 3.63) is 36.2 Å². The Balaban J connectivity index is 1.97. The monoisotopic (exact) mass is 249 g/mol. The molecule has 17 heavy (non-hydrogen) atoms. The standard InChI is InChI=1S/C12H15N3OS/c1-9(13)7-17-8-11-14-12(16-15-11)10-5-3-2-4-6-10/h2-6,9H,7-8,13H2,1H3. The number of aromatic nitrogens is 2. The molecule has 2 aromatic rings. The number of nitrogens with zero attached hydrogens (tertiary/aromatic N) is 2. The van der Waals surface area contributed by atoms with Crippen LogP contribution >= 0.6 is 11.8 Å². The van der Waals surface area contributed by atoms with Gasteiger partial charge in [-0.3, -0.25) is 0 Å². The summed E-state index contributed by atoms with van der Waals surface area (Å²) in [7, 11) is 0. The van der Waals surface area contributed by atoms with Gasteiger partial charge >= 0.3 is 0 Å². The van der Waals surface area contributed by atoms with Gasteiger partial charge in [-0.25, -0.2) is 0 Å². The van der Waals surface area contributed by atoms with Crippen molar-refractivity contribution in [2.75, 3.05) is 5.75 Å². The van der Waals surface area contributed by atoms with Crippen molar-refractivity contribution >= 4 is 11.8 Å². The van der Waals surface area contributed by atoms with E-state index in [1.165, 1.54) is 0 Å². The molecule has 0 fully saturated rings. The second kappa shape index (κ2) is 5.84. The Morgan fingerprint density at radius 2 is 2.12 bits per heavy atom. The summed E-state index contributed by atoms with van der Waals surface area (Å²) in [5.74, 6) is 2.92. The predicted octanol–water partition coefficient (Wildman–Crippen LogP) is 2.32. The first-order valence-corrected chi connectivity index (χ1v) is 6.62. The molecule has 0 aliphatic rings. The fourth-order valence-electron chi connectivity index (χ4n) is 1.35. The lowest BCUT2D eigenvalue weighted by Crippen LogP contribution is -2.17. The molecule has 1 unspecified atom stereocenters. The highest BCUT2D eigenvalue weighted by Gasteiger charge is 2.08. The van der Waals surface area contributed by atoms with Crippen LogP contribution in [0.1, 0.15) is 12.7 Å². The van der Waals surface area contributed by atoms with Gasteiger partial charge in [0, 0.05) is 17.4 Å². The second-order valence-electron chi connectivity index (χ2n) is 3.87. The van der Waals surface area contributed by atoms with E-state index in [0.29, 0.717) is 5.89 Å². The molecule has 0 saturated carbocycles. The minimum absolute atomic E-state index is 0.195. The van der Waals surface area contributed by atoms with Crippen molar-refractivity contribution in [3.63, 3.8) is 0 Å². The highest BCUT2D eigenvalue weighted by molar-refractivity contribution is 7.98. The van der Waals surface area contributed by atoms with E-state index in [2.05, 4.69) is 10.1 Å². The minimum atomic E-state index is 0.195. The van der Waals surface area contributed by atoms with Gasteiger partial charge in [0.05, 0.1) is 5.75 Å². The number of hydrogen-bond acceptors (Lipinski definition) is 5. The summed E-state index contributed by atoms with van der Waals surface area (Å²) in [6, 6.07) is 9.95. The SMILES string of the molecule is CC(N)CSCc1noc(-c2ccccc2)n1. The zero-order valence-corrected chi connectivity index (χ0v) is 10.5.